The molecule has 0 bridgehead atoms. The van der Waals surface area contributed by atoms with E-state index in [1.807, 2.05) is 19.9 Å². The maximum Gasteiger partial charge on any atom is 0.329 e. The van der Waals surface area contributed by atoms with Gasteiger partial charge in [-0.3, -0.25) is 9.59 Å². The third-order valence-corrected chi connectivity index (χ3v) is 2.68. The molecular formula is C12H16N4O2. The molecule has 6 heteroatoms. The zero-order valence-electron chi connectivity index (χ0n) is 10.4. The Bertz CT molecular complexity index is 500. The summed E-state index contributed by atoms with van der Waals surface area (Å²) in [5.41, 5.74) is 5.08. The number of aromatic nitrogens is 1. The normalized spacial score (nSPS) is 14.8. The van der Waals surface area contributed by atoms with Crippen LogP contribution in [-0.2, 0) is 9.59 Å². The van der Waals surface area contributed by atoms with Gasteiger partial charge in [0.2, 0.25) is 0 Å². The Morgan fingerprint density at radius 3 is 2.67 bits per heavy atom. The van der Waals surface area contributed by atoms with Crippen LogP contribution in [0.3, 0.4) is 0 Å². The minimum absolute atomic E-state index is 0.168. The number of nitrogens with zero attached hydrogens (tertiary/aromatic N) is 1. The molecule has 1 heterocycles. The second-order valence-electron chi connectivity index (χ2n) is 4.48. The molecule has 0 unspecified atom stereocenters. The number of aryl methyl sites for hydroxylation is 2. The molecule has 0 atom stereocenters. The van der Waals surface area contributed by atoms with Gasteiger partial charge in [-0.15, -0.1) is 0 Å². The van der Waals surface area contributed by atoms with Crippen molar-refractivity contribution in [2.24, 2.45) is 5.10 Å². The molecule has 18 heavy (non-hydrogen) atoms. The van der Waals surface area contributed by atoms with E-state index in [0.29, 0.717) is 0 Å². The first-order valence-electron chi connectivity index (χ1n) is 5.86. The Morgan fingerprint density at radius 1 is 1.39 bits per heavy atom. The van der Waals surface area contributed by atoms with Crippen LogP contribution in [0.15, 0.2) is 11.2 Å². The monoisotopic (exact) mass is 248 g/mol. The van der Waals surface area contributed by atoms with Crippen molar-refractivity contribution in [1.82, 2.24) is 15.7 Å². The highest BCUT2D eigenvalue weighted by atomic mass is 16.2. The number of carbonyl (C=O) groups is 2. The SMILES string of the molecule is Cc1cc(/C=N/NC(=O)C(=O)NC2CC2)c(C)[nH]1. The van der Waals surface area contributed by atoms with Gasteiger partial charge in [-0.25, -0.2) is 5.43 Å². The van der Waals surface area contributed by atoms with Crippen molar-refractivity contribution in [1.29, 1.82) is 0 Å². The molecule has 3 N–H and O–H groups in total. The third-order valence-electron chi connectivity index (χ3n) is 2.68. The molecule has 0 radical (unpaired) electrons. The fraction of sp³-hybridized carbons (Fsp3) is 0.417. The highest BCUT2D eigenvalue weighted by Crippen LogP contribution is 2.18. The van der Waals surface area contributed by atoms with E-state index in [1.165, 1.54) is 6.21 Å². The van der Waals surface area contributed by atoms with Crippen molar-refractivity contribution in [2.45, 2.75) is 32.7 Å². The van der Waals surface area contributed by atoms with Crippen LogP contribution in [0.2, 0.25) is 0 Å². The second kappa shape index (κ2) is 5.03. The molecule has 0 aliphatic heterocycles. The highest BCUT2D eigenvalue weighted by molar-refractivity contribution is 6.35. The fourth-order valence-corrected chi connectivity index (χ4v) is 1.57. The van der Waals surface area contributed by atoms with Crippen LogP contribution in [0.4, 0.5) is 0 Å². The van der Waals surface area contributed by atoms with E-state index in [4.69, 9.17) is 0 Å². The summed E-state index contributed by atoms with van der Waals surface area (Å²) in [5.74, 6) is -1.36. The molecule has 0 saturated heterocycles. The number of H-pyrrole nitrogens is 1. The summed E-state index contributed by atoms with van der Waals surface area (Å²) in [6.45, 7) is 3.85. The minimum atomic E-state index is -0.733. The zero-order chi connectivity index (χ0) is 13.1. The molecular weight excluding hydrogens is 232 g/mol. The highest BCUT2D eigenvalue weighted by Gasteiger charge is 2.26. The van der Waals surface area contributed by atoms with E-state index in [2.05, 4.69) is 20.8 Å². The third kappa shape index (κ3) is 3.19. The maximum absolute atomic E-state index is 11.3. The molecule has 6 nitrogen and oxygen atoms in total. The number of hydrazone groups is 1. The largest absolute Gasteiger partial charge is 0.362 e. The van der Waals surface area contributed by atoms with Gasteiger partial charge in [0.05, 0.1) is 6.21 Å². The summed E-state index contributed by atoms with van der Waals surface area (Å²) in [5, 5.41) is 6.35. The van der Waals surface area contributed by atoms with E-state index >= 15 is 0 Å². The molecule has 1 aromatic heterocycles. The molecule has 1 aliphatic carbocycles. The number of hydrogen-bond donors (Lipinski definition) is 3. The van der Waals surface area contributed by atoms with Crippen LogP contribution < -0.4 is 10.7 Å². The predicted molar refractivity (Wildman–Crippen MR) is 67.2 cm³/mol. The van der Waals surface area contributed by atoms with Gasteiger partial charge >= 0.3 is 11.8 Å². The first-order chi connectivity index (χ1) is 8.56. The van der Waals surface area contributed by atoms with E-state index in [-0.39, 0.29) is 6.04 Å². The first kappa shape index (κ1) is 12.3. The van der Waals surface area contributed by atoms with Gasteiger partial charge in [-0.2, -0.15) is 5.10 Å². The summed E-state index contributed by atoms with van der Waals surface area (Å²) in [6, 6.07) is 2.08. The Hall–Kier alpha value is -2.11. The van der Waals surface area contributed by atoms with Crippen LogP contribution in [0.25, 0.3) is 0 Å². The molecule has 1 aromatic rings. The van der Waals surface area contributed by atoms with Crippen LogP contribution in [0, 0.1) is 13.8 Å². The van der Waals surface area contributed by atoms with Crippen molar-refractivity contribution < 1.29 is 9.59 Å². The second-order valence-corrected chi connectivity index (χ2v) is 4.48. The Labute approximate surface area is 105 Å². The van der Waals surface area contributed by atoms with Crippen molar-refractivity contribution in [3.8, 4) is 0 Å². The van der Waals surface area contributed by atoms with E-state index in [9.17, 15) is 9.59 Å². The fourth-order valence-electron chi connectivity index (χ4n) is 1.57. The lowest BCUT2D eigenvalue weighted by atomic mass is 10.3. The summed E-state index contributed by atoms with van der Waals surface area (Å²) in [6.07, 6.45) is 3.41. The average molecular weight is 248 g/mol. The van der Waals surface area contributed by atoms with Gasteiger partial charge in [0.25, 0.3) is 0 Å². The number of nitrogens with one attached hydrogen (secondary N) is 3. The quantitative estimate of drug-likeness (QED) is 0.410. The Morgan fingerprint density at radius 2 is 2.11 bits per heavy atom. The van der Waals surface area contributed by atoms with Crippen molar-refractivity contribution >= 4 is 18.0 Å². The van der Waals surface area contributed by atoms with E-state index in [1.54, 1.807) is 0 Å². The van der Waals surface area contributed by atoms with Crippen molar-refractivity contribution in [3.05, 3.63) is 23.0 Å². The van der Waals surface area contributed by atoms with E-state index < -0.39 is 11.8 Å². The number of hydrogen-bond acceptors (Lipinski definition) is 3. The molecule has 0 aromatic carbocycles. The topological polar surface area (TPSA) is 86.3 Å². The number of aromatic amines is 1. The summed E-state index contributed by atoms with van der Waals surface area (Å²) in [7, 11) is 0. The minimum Gasteiger partial charge on any atom is -0.362 e. The predicted octanol–water partition coefficient (Wildman–Crippen LogP) is 0.360. The Kier molecular flexibility index (Phi) is 3.45. The molecule has 1 fully saturated rings. The lowest BCUT2D eigenvalue weighted by molar-refractivity contribution is -0.139. The van der Waals surface area contributed by atoms with Gasteiger partial charge < -0.3 is 10.3 Å². The maximum atomic E-state index is 11.3. The molecule has 1 saturated carbocycles. The molecule has 2 amide bonds. The van der Waals surface area contributed by atoms with Crippen LogP contribution in [0.1, 0.15) is 29.8 Å². The lowest BCUT2D eigenvalue weighted by Gasteiger charge is -2.00. The Balaban J connectivity index is 1.84. The first-order valence-corrected chi connectivity index (χ1v) is 5.86. The average Bonchev–Trinajstić information content (AvgIpc) is 3.05. The van der Waals surface area contributed by atoms with Gasteiger partial charge in [0.15, 0.2) is 0 Å². The van der Waals surface area contributed by atoms with Gasteiger partial charge in [-0.1, -0.05) is 0 Å². The molecule has 0 spiro atoms. The zero-order valence-corrected chi connectivity index (χ0v) is 10.4. The summed E-state index contributed by atoms with van der Waals surface area (Å²) in [4.78, 5) is 25.8. The van der Waals surface area contributed by atoms with Crippen LogP contribution in [0.5, 0.6) is 0 Å². The number of rotatable bonds is 3. The molecule has 2 rings (SSSR count). The van der Waals surface area contributed by atoms with Gasteiger partial charge in [-0.05, 0) is 32.8 Å². The summed E-state index contributed by atoms with van der Waals surface area (Å²) >= 11 is 0. The lowest BCUT2D eigenvalue weighted by Crippen LogP contribution is -2.38. The van der Waals surface area contributed by atoms with Crippen LogP contribution >= 0.6 is 0 Å². The summed E-state index contributed by atoms with van der Waals surface area (Å²) < 4.78 is 0. The van der Waals surface area contributed by atoms with Crippen molar-refractivity contribution in [2.75, 3.05) is 0 Å². The van der Waals surface area contributed by atoms with Gasteiger partial charge in [0, 0.05) is 23.0 Å². The van der Waals surface area contributed by atoms with Crippen molar-refractivity contribution in [3.63, 3.8) is 0 Å². The van der Waals surface area contributed by atoms with Crippen LogP contribution in [-0.4, -0.2) is 29.1 Å². The standard InChI is InChI=1S/C12H16N4O2/c1-7-5-9(8(2)14-7)6-13-16-12(18)11(17)15-10-3-4-10/h5-6,10,14H,3-4H2,1-2H3,(H,15,17)(H,16,18)/b13-6+. The van der Waals surface area contributed by atoms with E-state index in [0.717, 1.165) is 29.8 Å². The molecule has 96 valence electrons. The van der Waals surface area contributed by atoms with Gasteiger partial charge in [0.1, 0.15) is 0 Å². The number of amides is 2. The smallest absolute Gasteiger partial charge is 0.329 e. The number of carbonyl (C=O) groups excluding carboxylic acids is 2. The molecule has 1 aliphatic rings.